The number of unbranched alkanes of at least 4 members (excludes halogenated alkanes) is 7. The van der Waals surface area contributed by atoms with E-state index in [2.05, 4.69) is 49.7 Å². The third-order valence-electron chi connectivity index (χ3n) is 5.03. The van der Waals surface area contributed by atoms with Crippen LogP contribution >= 0.6 is 26.3 Å². The van der Waals surface area contributed by atoms with Gasteiger partial charge in [-0.3, -0.25) is 0 Å². The Morgan fingerprint density at radius 3 is 1.19 bits per heavy atom. The van der Waals surface area contributed by atoms with Gasteiger partial charge >= 0.3 is 149 Å². The van der Waals surface area contributed by atoms with Crippen molar-refractivity contribution in [3.05, 3.63) is 0 Å². The molecule has 0 N–H and O–H groups in total. The normalized spacial score (nSPS) is 14.0. The zero-order valence-electron chi connectivity index (χ0n) is 15.4. The van der Waals surface area contributed by atoms with Crippen LogP contribution in [-0.4, -0.2) is 24.6 Å². The summed E-state index contributed by atoms with van der Waals surface area (Å²) in [5, 5.41) is 0. The van der Waals surface area contributed by atoms with E-state index in [4.69, 9.17) is 0 Å². The Kier molecular flexibility index (Phi) is 13.3. The Labute approximate surface area is 149 Å². The third-order valence-corrected chi connectivity index (χ3v) is 16.6. The van der Waals surface area contributed by atoms with Gasteiger partial charge in [-0.2, -0.15) is 0 Å². The van der Waals surface area contributed by atoms with Crippen molar-refractivity contribution >= 4 is 26.3 Å². The second-order valence-corrected chi connectivity index (χ2v) is 20.8. The van der Waals surface area contributed by atoms with Gasteiger partial charge in [-0.15, -0.1) is 0 Å². The second kappa shape index (κ2) is 12.6. The van der Waals surface area contributed by atoms with E-state index in [0.29, 0.717) is 0 Å². The van der Waals surface area contributed by atoms with Crippen LogP contribution in [0.25, 0.3) is 0 Å². The van der Waals surface area contributed by atoms with Gasteiger partial charge in [-0.25, -0.2) is 0 Å². The molecule has 0 aromatic rings. The first kappa shape index (κ1) is 22.2. The van der Waals surface area contributed by atoms with Gasteiger partial charge in [-0.1, -0.05) is 0 Å². The van der Waals surface area contributed by atoms with Gasteiger partial charge in [0, 0.05) is 0 Å². The molecule has 0 nitrogen and oxygen atoms in total. The first-order valence-corrected chi connectivity index (χ1v) is 15.5. The van der Waals surface area contributed by atoms with Gasteiger partial charge in [-0.05, 0) is 0 Å². The summed E-state index contributed by atoms with van der Waals surface area (Å²) in [4.78, 5) is 0. The standard InChI is InChI=1S/C19H42IP/c1-5-9-13-14-15-19-21(20,16-10-6-2,17-11-7-3)18-12-8-4/h5-19H2,1-4H3. The molecule has 0 bridgehead atoms. The fourth-order valence-corrected chi connectivity index (χ4v) is 13.2. The maximum absolute atomic E-state index is 3.07. The van der Waals surface area contributed by atoms with Crippen LogP contribution in [0.5, 0.6) is 0 Å². The average molecular weight is 428 g/mol. The zero-order chi connectivity index (χ0) is 16.1. The van der Waals surface area contributed by atoms with Crippen molar-refractivity contribution < 1.29 is 0 Å². The number of rotatable bonds is 15. The molecular weight excluding hydrogens is 386 g/mol. The minimum atomic E-state index is -1.43. The topological polar surface area (TPSA) is 0 Å². The molecule has 0 heterocycles. The van der Waals surface area contributed by atoms with E-state index in [1.807, 2.05) is 0 Å². The van der Waals surface area contributed by atoms with Crippen LogP contribution in [0.3, 0.4) is 0 Å². The predicted octanol–water partition coefficient (Wildman–Crippen LogP) is 8.26. The molecular formula is C19H42IP. The first-order valence-electron chi connectivity index (χ1n) is 9.76. The van der Waals surface area contributed by atoms with E-state index in [1.165, 1.54) is 70.6 Å². The van der Waals surface area contributed by atoms with Crippen LogP contribution in [0.2, 0.25) is 0 Å². The molecule has 0 unspecified atom stereocenters. The molecule has 0 aliphatic heterocycles. The fraction of sp³-hybridized carbons (Fsp3) is 1.00. The van der Waals surface area contributed by atoms with Crippen molar-refractivity contribution in [2.24, 2.45) is 0 Å². The van der Waals surface area contributed by atoms with Crippen LogP contribution in [-0.2, 0) is 0 Å². The zero-order valence-corrected chi connectivity index (χ0v) is 18.5. The third kappa shape index (κ3) is 9.80. The number of hydrogen-bond donors (Lipinski definition) is 0. The van der Waals surface area contributed by atoms with Crippen molar-refractivity contribution in [1.82, 2.24) is 0 Å². The first-order chi connectivity index (χ1) is 10.0. The molecule has 0 saturated carbocycles. The molecule has 0 spiro atoms. The number of halogens is 1. The summed E-state index contributed by atoms with van der Waals surface area (Å²) in [6, 6.07) is 0. The van der Waals surface area contributed by atoms with Crippen molar-refractivity contribution in [2.75, 3.05) is 24.6 Å². The van der Waals surface area contributed by atoms with Crippen molar-refractivity contribution in [2.45, 2.75) is 98.3 Å². The van der Waals surface area contributed by atoms with E-state index >= 15 is 0 Å². The Morgan fingerprint density at radius 2 is 0.810 bits per heavy atom. The van der Waals surface area contributed by atoms with Gasteiger partial charge in [0.1, 0.15) is 0 Å². The summed E-state index contributed by atoms with van der Waals surface area (Å²) in [5.41, 5.74) is 0. The Hall–Kier alpha value is 1.16. The summed E-state index contributed by atoms with van der Waals surface area (Å²) in [5.74, 6) is 0. The molecule has 0 aliphatic carbocycles. The molecule has 21 heavy (non-hydrogen) atoms. The summed E-state index contributed by atoms with van der Waals surface area (Å²) in [6.07, 6.45) is 22.2. The maximum atomic E-state index is 3.07. The Bertz CT molecular complexity index is 215. The van der Waals surface area contributed by atoms with Crippen molar-refractivity contribution in [3.63, 3.8) is 0 Å². The SMILES string of the molecule is CCCCCCCP(I)(CCCC)(CCCC)CCCC. The van der Waals surface area contributed by atoms with Crippen LogP contribution in [0.4, 0.5) is 0 Å². The van der Waals surface area contributed by atoms with Crippen LogP contribution in [0, 0.1) is 0 Å². The predicted molar refractivity (Wildman–Crippen MR) is 114 cm³/mol. The quantitative estimate of drug-likeness (QED) is 0.140. The van der Waals surface area contributed by atoms with E-state index in [-0.39, 0.29) is 0 Å². The Balaban J connectivity index is 4.70. The molecule has 0 amide bonds. The van der Waals surface area contributed by atoms with Crippen molar-refractivity contribution in [1.29, 1.82) is 0 Å². The molecule has 0 fully saturated rings. The summed E-state index contributed by atoms with van der Waals surface area (Å²) >= 11 is 3.07. The fourth-order valence-electron chi connectivity index (χ4n) is 3.44. The Morgan fingerprint density at radius 1 is 0.476 bits per heavy atom. The van der Waals surface area contributed by atoms with Gasteiger partial charge < -0.3 is 0 Å². The van der Waals surface area contributed by atoms with Crippen LogP contribution < -0.4 is 0 Å². The molecule has 0 rings (SSSR count). The van der Waals surface area contributed by atoms with Crippen LogP contribution in [0.1, 0.15) is 98.3 Å². The van der Waals surface area contributed by atoms with Gasteiger partial charge in [0.15, 0.2) is 0 Å². The van der Waals surface area contributed by atoms with E-state index in [1.54, 1.807) is 24.6 Å². The summed E-state index contributed by atoms with van der Waals surface area (Å²) < 4.78 is -1.43. The van der Waals surface area contributed by atoms with Gasteiger partial charge in [0.2, 0.25) is 0 Å². The van der Waals surface area contributed by atoms with Crippen molar-refractivity contribution in [3.8, 4) is 0 Å². The molecule has 0 radical (unpaired) electrons. The summed E-state index contributed by atoms with van der Waals surface area (Å²) in [6.45, 7) is 9.44. The molecule has 0 aromatic carbocycles. The molecule has 0 aliphatic rings. The summed E-state index contributed by atoms with van der Waals surface area (Å²) in [7, 11) is 0. The van der Waals surface area contributed by atoms with E-state index in [0.717, 1.165) is 0 Å². The molecule has 0 aromatic heterocycles. The van der Waals surface area contributed by atoms with E-state index in [9.17, 15) is 0 Å². The molecule has 130 valence electrons. The van der Waals surface area contributed by atoms with Gasteiger partial charge in [0.05, 0.1) is 0 Å². The molecule has 0 saturated heterocycles. The number of hydrogen-bond acceptors (Lipinski definition) is 0. The van der Waals surface area contributed by atoms with E-state index < -0.39 is 4.25 Å². The second-order valence-electron chi connectivity index (χ2n) is 7.19. The molecule has 0 atom stereocenters. The van der Waals surface area contributed by atoms with Gasteiger partial charge in [0.25, 0.3) is 0 Å². The minimum absolute atomic E-state index is 1.37. The van der Waals surface area contributed by atoms with Crippen LogP contribution in [0.15, 0.2) is 0 Å². The molecule has 2 heteroatoms. The average Bonchev–Trinajstić information content (AvgIpc) is 2.50. The monoisotopic (exact) mass is 428 g/mol.